The van der Waals surface area contributed by atoms with Crippen LogP contribution in [0, 0.1) is 5.82 Å². The van der Waals surface area contributed by atoms with Crippen LogP contribution in [0.15, 0.2) is 17.1 Å². The van der Waals surface area contributed by atoms with Gasteiger partial charge in [-0.15, -0.1) is 0 Å². The number of ether oxygens (including phenoxy) is 4. The number of methoxy groups -OCH3 is 2. The first-order chi connectivity index (χ1) is 19.6. The number of amides is 2. The van der Waals surface area contributed by atoms with Gasteiger partial charge in [-0.3, -0.25) is 4.79 Å². The number of fused-ring (bicyclic) bond motifs is 1. The molecule has 13 heteroatoms. The molecule has 0 aliphatic heterocycles. The Balaban J connectivity index is 2.04. The summed E-state index contributed by atoms with van der Waals surface area (Å²) < 4.78 is 38.8. The zero-order chi connectivity index (χ0) is 31.4. The van der Waals surface area contributed by atoms with Crippen LogP contribution in [-0.4, -0.2) is 74.3 Å². The van der Waals surface area contributed by atoms with Gasteiger partial charge in [0.25, 0.3) is 0 Å². The first-order valence-corrected chi connectivity index (χ1v) is 13.8. The molecular weight excluding hydrogens is 551 g/mol. The Hall–Kier alpha value is -4.03. The number of carbonyl (C=O) groups excluding carboxylic acids is 3. The van der Waals surface area contributed by atoms with Crippen LogP contribution in [-0.2, 0) is 14.2 Å². The SMILES string of the molecule is COC(=O)c1cn(C2CC2)c2c(OC)c(N(CCNC(=O)OC(C)(C)C)CCNC(=O)OC(C)(C)C)c(F)cc2c1=O. The van der Waals surface area contributed by atoms with Gasteiger partial charge in [0.1, 0.15) is 22.5 Å². The highest BCUT2D eigenvalue weighted by Crippen LogP contribution is 2.43. The minimum atomic E-state index is -0.817. The summed E-state index contributed by atoms with van der Waals surface area (Å²) >= 11 is 0. The lowest BCUT2D eigenvalue weighted by Crippen LogP contribution is -2.42. The molecule has 0 radical (unpaired) electrons. The number of aromatic nitrogens is 1. The third-order valence-corrected chi connectivity index (χ3v) is 6.16. The Bertz CT molecular complexity index is 1360. The van der Waals surface area contributed by atoms with Gasteiger partial charge in [0.2, 0.25) is 5.43 Å². The maximum atomic E-state index is 16.0. The van der Waals surface area contributed by atoms with E-state index in [1.807, 2.05) is 0 Å². The van der Waals surface area contributed by atoms with E-state index < -0.39 is 40.6 Å². The van der Waals surface area contributed by atoms with E-state index >= 15 is 4.39 Å². The number of benzene rings is 1. The molecule has 1 aromatic heterocycles. The molecule has 1 aromatic carbocycles. The number of pyridine rings is 1. The van der Waals surface area contributed by atoms with Gasteiger partial charge in [-0.05, 0) is 60.5 Å². The molecule has 1 saturated carbocycles. The van der Waals surface area contributed by atoms with Crippen LogP contribution >= 0.6 is 0 Å². The lowest BCUT2D eigenvalue weighted by atomic mass is 10.1. The van der Waals surface area contributed by atoms with Gasteiger partial charge in [0.05, 0.1) is 25.1 Å². The topological polar surface area (TPSA) is 137 Å². The maximum absolute atomic E-state index is 16.0. The maximum Gasteiger partial charge on any atom is 0.407 e. The van der Waals surface area contributed by atoms with E-state index in [4.69, 9.17) is 18.9 Å². The summed E-state index contributed by atoms with van der Waals surface area (Å²) in [4.78, 5) is 51.7. The number of nitrogens with one attached hydrogen (secondary N) is 2. The summed E-state index contributed by atoms with van der Waals surface area (Å²) in [5.41, 5.74) is -1.93. The van der Waals surface area contributed by atoms with Crippen LogP contribution in [0.1, 0.15) is 70.8 Å². The Kier molecular flexibility index (Phi) is 9.95. The van der Waals surface area contributed by atoms with E-state index in [0.29, 0.717) is 5.52 Å². The second kappa shape index (κ2) is 12.9. The van der Waals surface area contributed by atoms with Crippen LogP contribution < -0.4 is 25.7 Å². The number of carbonyl (C=O) groups is 3. The van der Waals surface area contributed by atoms with Crippen molar-refractivity contribution in [3.8, 4) is 5.75 Å². The largest absolute Gasteiger partial charge is 0.492 e. The molecule has 2 amide bonds. The number of hydrogen-bond donors (Lipinski definition) is 2. The number of hydrogen-bond acceptors (Lipinski definition) is 9. The highest BCUT2D eigenvalue weighted by Gasteiger charge is 2.31. The normalized spacial score (nSPS) is 13.4. The molecule has 12 nitrogen and oxygen atoms in total. The highest BCUT2D eigenvalue weighted by atomic mass is 19.1. The van der Waals surface area contributed by atoms with E-state index in [9.17, 15) is 19.2 Å². The van der Waals surface area contributed by atoms with Crippen LogP contribution in [0.5, 0.6) is 5.75 Å². The molecule has 0 unspecified atom stereocenters. The van der Waals surface area contributed by atoms with Gasteiger partial charge in [-0.1, -0.05) is 0 Å². The number of halogens is 1. The number of esters is 1. The fourth-order valence-corrected chi connectivity index (χ4v) is 4.38. The minimum Gasteiger partial charge on any atom is -0.492 e. The Morgan fingerprint density at radius 1 is 0.976 bits per heavy atom. The third-order valence-electron chi connectivity index (χ3n) is 6.16. The van der Waals surface area contributed by atoms with Crippen LogP contribution in [0.4, 0.5) is 19.7 Å². The monoisotopic (exact) mass is 592 g/mol. The molecule has 1 fully saturated rings. The number of nitrogens with zero attached hydrogens (tertiary/aromatic N) is 2. The highest BCUT2D eigenvalue weighted by molar-refractivity contribution is 5.97. The van der Waals surface area contributed by atoms with Gasteiger partial charge in [0, 0.05) is 38.4 Å². The lowest BCUT2D eigenvalue weighted by molar-refractivity contribution is 0.0520. The molecule has 0 spiro atoms. The Morgan fingerprint density at radius 3 is 1.93 bits per heavy atom. The molecule has 1 heterocycles. The van der Waals surface area contributed by atoms with Crippen molar-refractivity contribution in [3.63, 3.8) is 0 Å². The van der Waals surface area contributed by atoms with E-state index in [1.165, 1.54) is 20.4 Å². The zero-order valence-corrected chi connectivity index (χ0v) is 25.5. The molecule has 42 heavy (non-hydrogen) atoms. The van der Waals surface area contributed by atoms with Crippen molar-refractivity contribution in [2.24, 2.45) is 0 Å². The summed E-state index contributed by atoms with van der Waals surface area (Å²) in [6.45, 7) is 10.8. The van der Waals surface area contributed by atoms with E-state index in [2.05, 4.69) is 10.6 Å². The minimum absolute atomic E-state index is 0.0140. The van der Waals surface area contributed by atoms with E-state index in [-0.39, 0.29) is 54.6 Å². The summed E-state index contributed by atoms with van der Waals surface area (Å²) in [5, 5.41) is 5.28. The second-order valence-electron chi connectivity index (χ2n) is 12.0. The molecule has 3 rings (SSSR count). The predicted octanol–water partition coefficient (Wildman–Crippen LogP) is 4.13. The van der Waals surface area contributed by atoms with Crippen molar-refractivity contribution in [1.29, 1.82) is 0 Å². The van der Waals surface area contributed by atoms with Crippen molar-refractivity contribution in [2.75, 3.05) is 45.3 Å². The molecule has 2 aromatic rings. The van der Waals surface area contributed by atoms with Gasteiger partial charge in [-0.25, -0.2) is 18.8 Å². The van der Waals surface area contributed by atoms with Gasteiger partial charge in [0.15, 0.2) is 11.6 Å². The van der Waals surface area contributed by atoms with Crippen LogP contribution in [0.2, 0.25) is 0 Å². The van der Waals surface area contributed by atoms with Crippen molar-refractivity contribution >= 4 is 34.7 Å². The van der Waals surface area contributed by atoms with Gasteiger partial charge >= 0.3 is 18.2 Å². The number of alkyl carbamates (subject to hydrolysis) is 2. The molecule has 1 aliphatic rings. The van der Waals surface area contributed by atoms with Gasteiger partial charge in [-0.2, -0.15) is 0 Å². The summed E-state index contributed by atoms with van der Waals surface area (Å²) in [6, 6.07) is 1.07. The summed E-state index contributed by atoms with van der Waals surface area (Å²) in [7, 11) is 2.54. The summed E-state index contributed by atoms with van der Waals surface area (Å²) in [5.74, 6) is -1.52. The molecule has 2 N–H and O–H groups in total. The Labute approximate surface area is 244 Å². The standard InChI is InChI=1S/C29H41FN4O8/c1-28(2,3)41-26(37)31-11-13-33(14-12-32-27(38)42-29(4,5)6)22-20(30)15-18-21(24(22)39-7)34(17-9-10-17)16-19(23(18)35)25(36)40-8/h15-17H,9-14H2,1-8H3,(H,31,37)(H,32,38). The summed E-state index contributed by atoms with van der Waals surface area (Å²) in [6.07, 6.45) is 1.75. The lowest BCUT2D eigenvalue weighted by Gasteiger charge is -2.29. The molecular formula is C29H41FN4O8. The van der Waals surface area contributed by atoms with Crippen molar-refractivity contribution in [3.05, 3.63) is 33.9 Å². The van der Waals surface area contributed by atoms with Crippen molar-refractivity contribution in [1.82, 2.24) is 15.2 Å². The fourth-order valence-electron chi connectivity index (χ4n) is 4.38. The molecule has 0 atom stereocenters. The fraction of sp³-hybridized carbons (Fsp3) is 0.586. The molecule has 0 bridgehead atoms. The molecule has 1 aliphatic carbocycles. The first kappa shape index (κ1) is 32.5. The zero-order valence-electron chi connectivity index (χ0n) is 25.5. The van der Waals surface area contributed by atoms with Crippen molar-refractivity contribution < 1.29 is 37.7 Å². The number of anilines is 1. The van der Waals surface area contributed by atoms with Crippen LogP contribution in [0.25, 0.3) is 10.9 Å². The smallest absolute Gasteiger partial charge is 0.407 e. The Morgan fingerprint density at radius 2 is 1.50 bits per heavy atom. The van der Waals surface area contributed by atoms with Crippen LogP contribution in [0.3, 0.4) is 0 Å². The average Bonchev–Trinajstić information content (AvgIpc) is 3.70. The quantitative estimate of drug-likeness (QED) is 0.308. The first-order valence-electron chi connectivity index (χ1n) is 13.8. The van der Waals surface area contributed by atoms with Crippen molar-refractivity contribution in [2.45, 2.75) is 71.6 Å². The molecule has 0 saturated heterocycles. The average molecular weight is 593 g/mol. The van der Waals surface area contributed by atoms with E-state index in [0.717, 1.165) is 18.9 Å². The second-order valence-corrected chi connectivity index (χ2v) is 12.0. The van der Waals surface area contributed by atoms with Gasteiger partial charge < -0.3 is 39.0 Å². The third kappa shape index (κ3) is 8.26. The molecule has 232 valence electrons. The van der Waals surface area contributed by atoms with E-state index in [1.54, 1.807) is 51.0 Å². The predicted molar refractivity (Wildman–Crippen MR) is 155 cm³/mol. The number of rotatable bonds is 10.